The molecule has 2 atom stereocenters. The molecule has 0 heterocycles. The molecule has 2 unspecified atom stereocenters. The lowest BCUT2D eigenvalue weighted by Gasteiger charge is -2.17. The number of carbonyl (C=O) groups excluding carboxylic acids is 2. The van der Waals surface area contributed by atoms with E-state index in [1.54, 1.807) is 0 Å². The Balaban J connectivity index is 4.16. The van der Waals surface area contributed by atoms with E-state index in [1.165, 1.54) is 6.08 Å². The number of rotatable bonds is 6. The van der Waals surface area contributed by atoms with Crippen LogP contribution in [-0.2, 0) is 9.59 Å². The molecule has 0 aromatic heterocycles. The molecule has 0 aromatic carbocycles. The maximum Gasteiger partial charge on any atom is 0.248 e. The second-order valence-corrected chi connectivity index (χ2v) is 2.26. The third kappa shape index (κ3) is 3.16. The minimum atomic E-state index is -1.37. The molecule has 0 aromatic rings. The van der Waals surface area contributed by atoms with E-state index in [2.05, 4.69) is 11.9 Å². The minimum Gasteiger partial charge on any atom is -0.381 e. The number of amides is 2. The number of aliphatic hydroxyl groups excluding tert-OH is 1. The first-order valence-electron chi connectivity index (χ1n) is 3.41. The van der Waals surface area contributed by atoms with Crippen molar-refractivity contribution in [2.45, 2.75) is 18.6 Å². The van der Waals surface area contributed by atoms with Crippen LogP contribution >= 0.6 is 0 Å². The van der Waals surface area contributed by atoms with Crippen molar-refractivity contribution in [1.29, 1.82) is 0 Å². The maximum atomic E-state index is 10.5. The van der Waals surface area contributed by atoms with Gasteiger partial charge in [-0.25, -0.2) is 0 Å². The van der Waals surface area contributed by atoms with Crippen LogP contribution in [0.2, 0.25) is 0 Å². The molecule has 5 nitrogen and oxygen atoms in total. The summed E-state index contributed by atoms with van der Waals surface area (Å²) >= 11 is 0. The molecular weight excluding hydrogens is 160 g/mol. The first kappa shape index (κ1) is 10.6. The summed E-state index contributed by atoms with van der Waals surface area (Å²) in [5.41, 5.74) is 4.82. The van der Waals surface area contributed by atoms with Crippen LogP contribution < -0.4 is 11.1 Å². The van der Waals surface area contributed by atoms with Crippen LogP contribution in [0.3, 0.4) is 0 Å². The van der Waals surface area contributed by atoms with E-state index in [4.69, 9.17) is 10.8 Å². The Bertz CT molecular complexity index is 171. The van der Waals surface area contributed by atoms with Crippen LogP contribution in [-0.4, -0.2) is 29.6 Å². The van der Waals surface area contributed by atoms with E-state index >= 15 is 0 Å². The highest BCUT2D eigenvalue weighted by molar-refractivity contribution is 5.79. The smallest absolute Gasteiger partial charge is 0.248 e. The van der Waals surface area contributed by atoms with Crippen molar-refractivity contribution in [3.63, 3.8) is 0 Å². The number of carbonyl (C=O) groups is 2. The van der Waals surface area contributed by atoms with Crippen molar-refractivity contribution in [2.24, 2.45) is 5.73 Å². The minimum absolute atomic E-state index is 0.294. The Labute approximate surface area is 70.2 Å². The van der Waals surface area contributed by atoms with Crippen LogP contribution in [0, 0.1) is 0 Å². The van der Waals surface area contributed by atoms with Gasteiger partial charge in [-0.3, -0.25) is 9.59 Å². The van der Waals surface area contributed by atoms with Crippen LogP contribution in [0.1, 0.15) is 6.42 Å². The largest absolute Gasteiger partial charge is 0.381 e. The number of hydrogen-bond donors (Lipinski definition) is 3. The summed E-state index contributed by atoms with van der Waals surface area (Å²) in [6, 6.07) is -0.683. The van der Waals surface area contributed by atoms with Crippen molar-refractivity contribution in [1.82, 2.24) is 5.32 Å². The Hall–Kier alpha value is -1.36. The van der Waals surface area contributed by atoms with E-state index in [-0.39, 0.29) is 0 Å². The predicted molar refractivity (Wildman–Crippen MR) is 43.0 cm³/mol. The monoisotopic (exact) mass is 172 g/mol. The zero-order valence-electron chi connectivity index (χ0n) is 6.56. The number of aliphatic hydroxyl groups is 1. The van der Waals surface area contributed by atoms with Gasteiger partial charge in [-0.1, -0.05) is 6.08 Å². The second kappa shape index (κ2) is 5.31. The molecule has 0 aliphatic heterocycles. The summed E-state index contributed by atoms with van der Waals surface area (Å²) in [6.45, 7) is 3.41. The molecule has 0 aliphatic rings. The lowest BCUT2D eigenvalue weighted by molar-refractivity contribution is -0.127. The van der Waals surface area contributed by atoms with Gasteiger partial charge in [-0.15, -0.1) is 6.58 Å². The average molecular weight is 172 g/mol. The highest BCUT2D eigenvalue weighted by Crippen LogP contribution is 1.98. The van der Waals surface area contributed by atoms with Crippen molar-refractivity contribution in [2.75, 3.05) is 0 Å². The van der Waals surface area contributed by atoms with E-state index in [0.717, 1.165) is 0 Å². The molecular formula is C7H12N2O3. The van der Waals surface area contributed by atoms with Crippen LogP contribution in [0.4, 0.5) is 0 Å². The van der Waals surface area contributed by atoms with Crippen LogP contribution in [0.5, 0.6) is 0 Å². The molecule has 2 amide bonds. The van der Waals surface area contributed by atoms with Gasteiger partial charge in [0.15, 0.2) is 6.10 Å². The van der Waals surface area contributed by atoms with Crippen molar-refractivity contribution in [3.8, 4) is 0 Å². The first-order valence-corrected chi connectivity index (χ1v) is 3.41. The van der Waals surface area contributed by atoms with Crippen molar-refractivity contribution < 1.29 is 14.7 Å². The number of primary amides is 1. The fourth-order valence-electron chi connectivity index (χ4n) is 0.753. The summed E-state index contributed by atoms with van der Waals surface area (Å²) < 4.78 is 0. The number of hydrogen-bond acceptors (Lipinski definition) is 3. The van der Waals surface area contributed by atoms with Gasteiger partial charge in [0, 0.05) is 0 Å². The van der Waals surface area contributed by atoms with Crippen LogP contribution in [0.25, 0.3) is 0 Å². The molecule has 4 N–H and O–H groups in total. The van der Waals surface area contributed by atoms with E-state index in [0.29, 0.717) is 12.8 Å². The van der Waals surface area contributed by atoms with Gasteiger partial charge in [-0.2, -0.15) is 0 Å². The normalized spacial score (nSPS) is 14.4. The summed E-state index contributed by atoms with van der Waals surface area (Å²) in [6.07, 6.45) is 0.810. The van der Waals surface area contributed by atoms with Gasteiger partial charge >= 0.3 is 0 Å². The SMILES string of the molecule is C=CCC(NC=O)C(O)C(N)=O. The molecule has 12 heavy (non-hydrogen) atoms. The van der Waals surface area contributed by atoms with Crippen molar-refractivity contribution in [3.05, 3.63) is 12.7 Å². The molecule has 68 valence electrons. The fraction of sp³-hybridized carbons (Fsp3) is 0.429. The Morgan fingerprint density at radius 2 is 2.33 bits per heavy atom. The van der Waals surface area contributed by atoms with Gasteiger partial charge in [0.1, 0.15) is 0 Å². The quantitative estimate of drug-likeness (QED) is 0.337. The summed E-state index contributed by atoms with van der Waals surface area (Å²) in [5.74, 6) is -0.865. The Morgan fingerprint density at radius 1 is 1.75 bits per heavy atom. The molecule has 0 rings (SSSR count). The summed E-state index contributed by atoms with van der Waals surface area (Å²) in [7, 11) is 0. The van der Waals surface area contributed by atoms with Crippen LogP contribution in [0.15, 0.2) is 12.7 Å². The van der Waals surface area contributed by atoms with Gasteiger partial charge in [0.2, 0.25) is 12.3 Å². The summed E-state index contributed by atoms with van der Waals surface area (Å²) in [5, 5.41) is 11.4. The highest BCUT2D eigenvalue weighted by Gasteiger charge is 2.21. The van der Waals surface area contributed by atoms with Gasteiger partial charge in [0.05, 0.1) is 6.04 Å². The zero-order chi connectivity index (χ0) is 9.56. The summed E-state index contributed by atoms with van der Waals surface area (Å²) in [4.78, 5) is 20.5. The van der Waals surface area contributed by atoms with Gasteiger partial charge < -0.3 is 16.2 Å². The first-order chi connectivity index (χ1) is 5.63. The van der Waals surface area contributed by atoms with Gasteiger partial charge in [0.25, 0.3) is 0 Å². The van der Waals surface area contributed by atoms with E-state index < -0.39 is 18.1 Å². The highest BCUT2D eigenvalue weighted by atomic mass is 16.3. The molecule has 0 spiro atoms. The lowest BCUT2D eigenvalue weighted by Crippen LogP contribution is -2.46. The topological polar surface area (TPSA) is 92.4 Å². The van der Waals surface area contributed by atoms with Gasteiger partial charge in [-0.05, 0) is 6.42 Å². The lowest BCUT2D eigenvalue weighted by atomic mass is 10.1. The third-order valence-corrected chi connectivity index (χ3v) is 1.38. The number of nitrogens with two attached hydrogens (primary N) is 1. The Kier molecular flexibility index (Phi) is 4.71. The maximum absolute atomic E-state index is 10.5. The van der Waals surface area contributed by atoms with E-state index in [1.807, 2.05) is 0 Å². The molecule has 0 saturated heterocycles. The molecule has 0 fully saturated rings. The van der Waals surface area contributed by atoms with E-state index in [9.17, 15) is 9.59 Å². The van der Waals surface area contributed by atoms with Crippen molar-refractivity contribution >= 4 is 12.3 Å². The Morgan fingerprint density at radius 3 is 2.67 bits per heavy atom. The predicted octanol–water partition coefficient (Wildman–Crippen LogP) is -1.48. The second-order valence-electron chi connectivity index (χ2n) is 2.26. The molecule has 0 bridgehead atoms. The third-order valence-electron chi connectivity index (χ3n) is 1.38. The molecule has 5 heteroatoms. The zero-order valence-corrected chi connectivity index (χ0v) is 6.56. The molecule has 0 aliphatic carbocycles. The fourth-order valence-corrected chi connectivity index (χ4v) is 0.753. The average Bonchev–Trinajstić information content (AvgIpc) is 2.03. The molecule has 0 radical (unpaired) electrons. The standard InChI is InChI=1S/C7H12N2O3/c1-2-3-5(9-4-10)6(11)7(8)12/h2,4-6,11H,1,3H2,(H2,8,12)(H,9,10). The molecule has 0 saturated carbocycles. The number of nitrogens with one attached hydrogen (secondary N) is 1.